The van der Waals surface area contributed by atoms with Crippen LogP contribution in [0.5, 0.6) is 5.75 Å². The van der Waals surface area contributed by atoms with E-state index in [4.69, 9.17) is 9.15 Å². The molecule has 0 fully saturated rings. The molecule has 0 radical (unpaired) electrons. The Kier molecular flexibility index (Phi) is 3.98. The molecule has 0 unspecified atom stereocenters. The topological polar surface area (TPSA) is 64.4 Å². The Bertz CT molecular complexity index is 889. The van der Waals surface area contributed by atoms with Gasteiger partial charge in [0.25, 0.3) is 5.91 Å². The summed E-state index contributed by atoms with van der Waals surface area (Å²) in [7, 11) is 0. The largest absolute Gasteiger partial charge is 0.487 e. The molecule has 5 heteroatoms. The van der Waals surface area contributed by atoms with Crippen LogP contribution < -0.4 is 10.1 Å². The molecule has 1 amide bonds. The molecular formula is C20H18N2O3. The number of nitrogens with zero attached hydrogens (tertiary/aromatic N) is 1. The number of hydrogen-bond donors (Lipinski definition) is 1. The molecule has 0 aliphatic carbocycles. The molecule has 5 nitrogen and oxygen atoms in total. The van der Waals surface area contributed by atoms with Crippen LogP contribution in [0, 0.1) is 6.92 Å². The van der Waals surface area contributed by atoms with Crippen molar-refractivity contribution in [3.63, 3.8) is 0 Å². The number of carbonyl (C=O) groups excluding carboxylic acids is 1. The summed E-state index contributed by atoms with van der Waals surface area (Å²) in [5, 5.41) is 2.86. The number of furan rings is 1. The lowest BCUT2D eigenvalue weighted by molar-refractivity contribution is 0.0906. The summed E-state index contributed by atoms with van der Waals surface area (Å²) >= 11 is 0. The van der Waals surface area contributed by atoms with Crippen LogP contribution in [0.4, 0.5) is 0 Å². The number of aryl methyl sites for hydroxylation is 1. The van der Waals surface area contributed by atoms with Crippen LogP contribution in [0.3, 0.4) is 0 Å². The monoisotopic (exact) mass is 334 g/mol. The molecule has 1 atom stereocenters. The van der Waals surface area contributed by atoms with Gasteiger partial charge in [0.05, 0.1) is 18.5 Å². The number of nitrogens with one attached hydrogen (secondary N) is 1. The minimum atomic E-state index is -0.231. The minimum Gasteiger partial charge on any atom is -0.487 e. The Morgan fingerprint density at radius 3 is 2.96 bits per heavy atom. The summed E-state index contributed by atoms with van der Waals surface area (Å²) in [5.41, 5.74) is 4.21. The molecule has 2 aromatic heterocycles. The van der Waals surface area contributed by atoms with Gasteiger partial charge in [-0.3, -0.25) is 9.78 Å². The van der Waals surface area contributed by atoms with Gasteiger partial charge in [-0.05, 0) is 48.4 Å². The summed E-state index contributed by atoms with van der Waals surface area (Å²) in [6.45, 7) is 2.49. The van der Waals surface area contributed by atoms with E-state index in [1.807, 2.05) is 18.2 Å². The van der Waals surface area contributed by atoms with Gasteiger partial charge >= 0.3 is 0 Å². The highest BCUT2D eigenvalue weighted by Gasteiger charge is 2.27. The number of pyridine rings is 1. The van der Waals surface area contributed by atoms with E-state index in [9.17, 15) is 4.79 Å². The van der Waals surface area contributed by atoms with E-state index >= 15 is 0 Å². The lowest BCUT2D eigenvalue weighted by Crippen LogP contribution is -2.34. The standard InChI is InChI=1S/C20H18N2O3/c1-13-9-14-11-15(12-22-20(23)18-6-4-8-24-18)25-19(14)16(10-13)17-5-2-3-7-21-17/h2-10,15H,11-12H2,1H3,(H,22,23)/t15-/m1/s1. The number of rotatable bonds is 4. The number of fused-ring (bicyclic) bond motifs is 1. The fourth-order valence-corrected chi connectivity index (χ4v) is 3.12. The Balaban J connectivity index is 1.51. The van der Waals surface area contributed by atoms with E-state index in [0.717, 1.165) is 29.0 Å². The molecule has 126 valence electrons. The van der Waals surface area contributed by atoms with Crippen LogP contribution in [0.15, 0.2) is 59.3 Å². The zero-order chi connectivity index (χ0) is 17.2. The van der Waals surface area contributed by atoms with E-state index in [1.54, 1.807) is 18.3 Å². The van der Waals surface area contributed by atoms with E-state index in [2.05, 4.69) is 29.4 Å². The maximum absolute atomic E-state index is 12.0. The lowest BCUT2D eigenvalue weighted by atomic mass is 10.0. The van der Waals surface area contributed by atoms with Gasteiger partial charge in [-0.1, -0.05) is 12.1 Å². The third kappa shape index (κ3) is 3.13. The lowest BCUT2D eigenvalue weighted by Gasteiger charge is -2.13. The quantitative estimate of drug-likeness (QED) is 0.794. The highest BCUT2D eigenvalue weighted by molar-refractivity contribution is 5.91. The average Bonchev–Trinajstić information content (AvgIpc) is 3.29. The summed E-state index contributed by atoms with van der Waals surface area (Å²) in [4.78, 5) is 16.4. The van der Waals surface area contributed by atoms with Gasteiger partial charge in [-0.25, -0.2) is 0 Å². The molecule has 25 heavy (non-hydrogen) atoms. The Labute approximate surface area is 145 Å². The highest BCUT2D eigenvalue weighted by Crippen LogP contribution is 2.39. The second kappa shape index (κ2) is 6.43. The van der Waals surface area contributed by atoms with E-state index < -0.39 is 0 Å². The summed E-state index contributed by atoms with van der Waals surface area (Å²) < 4.78 is 11.2. The SMILES string of the molecule is Cc1cc2c(c(-c3ccccn3)c1)O[C@@H](CNC(=O)c1ccco1)C2. The number of carbonyl (C=O) groups is 1. The van der Waals surface area contributed by atoms with Gasteiger partial charge in [0.2, 0.25) is 0 Å². The number of hydrogen-bond acceptors (Lipinski definition) is 4. The molecule has 3 heterocycles. The van der Waals surface area contributed by atoms with Gasteiger partial charge in [0, 0.05) is 18.2 Å². The average molecular weight is 334 g/mol. The number of benzene rings is 1. The Hall–Kier alpha value is -3.08. The van der Waals surface area contributed by atoms with E-state index in [0.29, 0.717) is 12.3 Å². The maximum Gasteiger partial charge on any atom is 0.287 e. The third-order valence-electron chi connectivity index (χ3n) is 4.22. The first kappa shape index (κ1) is 15.4. The molecule has 1 aliphatic rings. The normalized spacial score (nSPS) is 15.5. The third-order valence-corrected chi connectivity index (χ3v) is 4.22. The minimum absolute atomic E-state index is 0.0989. The first-order chi connectivity index (χ1) is 12.2. The van der Waals surface area contributed by atoms with Crippen LogP contribution in [-0.2, 0) is 6.42 Å². The Morgan fingerprint density at radius 2 is 2.20 bits per heavy atom. The zero-order valence-corrected chi connectivity index (χ0v) is 13.9. The smallest absolute Gasteiger partial charge is 0.287 e. The number of amides is 1. The molecule has 1 N–H and O–H groups in total. The molecule has 1 aliphatic heterocycles. The van der Waals surface area contributed by atoms with Crippen molar-refractivity contribution in [2.45, 2.75) is 19.4 Å². The molecule has 4 rings (SSSR count). The van der Waals surface area contributed by atoms with Crippen LogP contribution >= 0.6 is 0 Å². The van der Waals surface area contributed by atoms with Crippen LogP contribution in [0.25, 0.3) is 11.3 Å². The first-order valence-corrected chi connectivity index (χ1v) is 8.24. The number of ether oxygens (including phenoxy) is 1. The molecule has 3 aromatic rings. The summed E-state index contributed by atoms with van der Waals surface area (Å²) in [5.74, 6) is 0.938. The van der Waals surface area contributed by atoms with Gasteiger partial charge in [0.15, 0.2) is 5.76 Å². The van der Waals surface area contributed by atoms with Crippen molar-refractivity contribution in [2.75, 3.05) is 6.54 Å². The number of aromatic nitrogens is 1. The highest BCUT2D eigenvalue weighted by atomic mass is 16.5. The fourth-order valence-electron chi connectivity index (χ4n) is 3.12. The van der Waals surface area contributed by atoms with Crippen molar-refractivity contribution >= 4 is 5.91 Å². The second-order valence-electron chi connectivity index (χ2n) is 6.15. The van der Waals surface area contributed by atoms with Gasteiger partial charge in [0.1, 0.15) is 11.9 Å². The van der Waals surface area contributed by atoms with Crippen molar-refractivity contribution < 1.29 is 13.9 Å². The van der Waals surface area contributed by atoms with Crippen LogP contribution in [-0.4, -0.2) is 23.5 Å². The molecule has 0 spiro atoms. The summed E-state index contributed by atoms with van der Waals surface area (Å²) in [6.07, 6.45) is 3.92. The predicted molar refractivity (Wildman–Crippen MR) is 93.6 cm³/mol. The maximum atomic E-state index is 12.0. The van der Waals surface area contributed by atoms with Gasteiger partial charge in [-0.2, -0.15) is 0 Å². The fraction of sp³-hybridized carbons (Fsp3) is 0.200. The first-order valence-electron chi connectivity index (χ1n) is 8.24. The summed E-state index contributed by atoms with van der Waals surface area (Å²) in [6, 6.07) is 13.4. The molecule has 0 saturated carbocycles. The second-order valence-corrected chi connectivity index (χ2v) is 6.15. The van der Waals surface area contributed by atoms with E-state index in [-0.39, 0.29) is 12.0 Å². The van der Waals surface area contributed by atoms with Crippen molar-refractivity contribution in [1.29, 1.82) is 0 Å². The van der Waals surface area contributed by atoms with E-state index in [1.165, 1.54) is 11.8 Å². The molecule has 0 bridgehead atoms. The van der Waals surface area contributed by atoms with Crippen molar-refractivity contribution in [1.82, 2.24) is 10.3 Å². The zero-order valence-electron chi connectivity index (χ0n) is 13.9. The van der Waals surface area contributed by atoms with Gasteiger partial charge < -0.3 is 14.5 Å². The predicted octanol–water partition coefficient (Wildman–Crippen LogP) is 3.38. The molecule has 0 saturated heterocycles. The van der Waals surface area contributed by atoms with Crippen molar-refractivity contribution in [3.05, 3.63) is 71.8 Å². The Morgan fingerprint density at radius 1 is 1.28 bits per heavy atom. The van der Waals surface area contributed by atoms with Crippen molar-refractivity contribution in [2.24, 2.45) is 0 Å². The molecule has 1 aromatic carbocycles. The van der Waals surface area contributed by atoms with Crippen LogP contribution in [0.2, 0.25) is 0 Å². The molecular weight excluding hydrogens is 316 g/mol. The van der Waals surface area contributed by atoms with Crippen LogP contribution in [0.1, 0.15) is 21.7 Å². The van der Waals surface area contributed by atoms with Gasteiger partial charge in [-0.15, -0.1) is 0 Å². The van der Waals surface area contributed by atoms with Crippen molar-refractivity contribution in [3.8, 4) is 17.0 Å².